The van der Waals surface area contributed by atoms with Crippen LogP contribution < -0.4 is 5.73 Å². The van der Waals surface area contributed by atoms with E-state index >= 15 is 0 Å². The number of aromatic nitrogens is 3. The number of alkyl halides is 5. The molecule has 2 aliphatic rings. The van der Waals surface area contributed by atoms with Crippen LogP contribution in [0.2, 0.25) is 0 Å². The number of piperidine rings is 1. The number of hydrogen-bond acceptors (Lipinski definition) is 6. The Bertz CT molecular complexity index is 1110. The minimum Gasteiger partial charge on any atom is -0.336 e. The summed E-state index contributed by atoms with van der Waals surface area (Å²) in [5.41, 5.74) is 5.23. The summed E-state index contributed by atoms with van der Waals surface area (Å²) in [5, 5.41) is 0. The van der Waals surface area contributed by atoms with Crippen molar-refractivity contribution in [2.45, 2.75) is 50.4 Å². The molecular weight excluding hydrogens is 475 g/mol. The highest BCUT2D eigenvalue weighted by atomic mass is 19.4. The highest BCUT2D eigenvalue weighted by Crippen LogP contribution is 2.35. The van der Waals surface area contributed by atoms with E-state index in [1.807, 2.05) is 0 Å². The quantitative estimate of drug-likeness (QED) is 0.635. The van der Waals surface area contributed by atoms with Crippen LogP contribution in [-0.2, 0) is 28.7 Å². The number of halogens is 5. The maximum Gasteiger partial charge on any atom is 0.433 e. The van der Waals surface area contributed by atoms with Crippen molar-refractivity contribution in [1.29, 1.82) is 0 Å². The molecule has 188 valence electrons. The first-order valence-corrected chi connectivity index (χ1v) is 11.0. The topological polar surface area (TPSA) is 105 Å². The van der Waals surface area contributed by atoms with E-state index in [-0.39, 0.29) is 56.0 Å². The normalized spacial score (nSPS) is 18.9. The molecule has 0 aromatic carbocycles. The lowest BCUT2D eigenvalue weighted by molar-refractivity contribution is -0.148. The predicted octanol–water partition coefficient (Wildman–Crippen LogP) is 2.42. The summed E-state index contributed by atoms with van der Waals surface area (Å²) >= 11 is 0. The molecule has 1 saturated heterocycles. The minimum absolute atomic E-state index is 0.00204. The van der Waals surface area contributed by atoms with Gasteiger partial charge in [-0.05, 0) is 18.6 Å². The number of likely N-dealkylation sites (tertiary alicyclic amines) is 1. The second-order valence-corrected chi connectivity index (χ2v) is 8.72. The average Bonchev–Trinajstić information content (AvgIpc) is 2.80. The van der Waals surface area contributed by atoms with Crippen LogP contribution in [0.4, 0.5) is 22.0 Å². The zero-order chi connectivity index (χ0) is 25.4. The van der Waals surface area contributed by atoms with E-state index in [4.69, 9.17) is 5.73 Å². The summed E-state index contributed by atoms with van der Waals surface area (Å²) < 4.78 is 68.4. The standard InChI is InChI=1S/C22H23F5N6O2/c23-21(24)5-3-17(34)33(12-21)10-14(28)8-18(35)32-7-4-15-16(11-32)30-20(13-2-1-6-29-9-13)31-19(15)22(25,26)27/h1-2,6,9,14H,3-5,7-8,10-12,28H2/t14-/m0/s1. The van der Waals surface area contributed by atoms with Crippen LogP contribution in [0.25, 0.3) is 11.4 Å². The number of hydrogen-bond donors (Lipinski definition) is 1. The molecule has 0 radical (unpaired) electrons. The largest absolute Gasteiger partial charge is 0.433 e. The molecule has 0 spiro atoms. The van der Waals surface area contributed by atoms with Gasteiger partial charge in [0.15, 0.2) is 11.5 Å². The lowest BCUT2D eigenvalue weighted by Gasteiger charge is -2.34. The fourth-order valence-electron chi connectivity index (χ4n) is 4.26. The fraction of sp³-hybridized carbons (Fsp3) is 0.500. The van der Waals surface area contributed by atoms with E-state index in [1.165, 1.54) is 23.4 Å². The maximum absolute atomic E-state index is 13.7. The fourth-order valence-corrected chi connectivity index (χ4v) is 4.26. The molecule has 2 amide bonds. The van der Waals surface area contributed by atoms with Crippen molar-refractivity contribution in [3.8, 4) is 11.4 Å². The van der Waals surface area contributed by atoms with Crippen molar-refractivity contribution in [3.63, 3.8) is 0 Å². The highest BCUT2D eigenvalue weighted by Gasteiger charge is 2.41. The Balaban J connectivity index is 1.49. The molecule has 2 aromatic rings. The molecular formula is C22H23F5N6O2. The molecule has 35 heavy (non-hydrogen) atoms. The lowest BCUT2D eigenvalue weighted by Crippen LogP contribution is -2.51. The van der Waals surface area contributed by atoms with Gasteiger partial charge in [0.05, 0.1) is 18.8 Å². The molecule has 4 rings (SSSR count). The van der Waals surface area contributed by atoms with Gasteiger partial charge in [-0.3, -0.25) is 14.6 Å². The molecule has 0 aliphatic carbocycles. The Morgan fingerprint density at radius 3 is 2.69 bits per heavy atom. The Morgan fingerprint density at radius 2 is 2.00 bits per heavy atom. The molecule has 0 unspecified atom stereocenters. The maximum atomic E-state index is 13.7. The van der Waals surface area contributed by atoms with E-state index in [2.05, 4.69) is 15.0 Å². The van der Waals surface area contributed by atoms with E-state index in [9.17, 15) is 31.5 Å². The third kappa shape index (κ3) is 5.72. The first-order chi connectivity index (χ1) is 16.4. The van der Waals surface area contributed by atoms with Crippen LogP contribution in [0.1, 0.15) is 36.2 Å². The van der Waals surface area contributed by atoms with E-state index in [1.54, 1.807) is 6.07 Å². The second-order valence-electron chi connectivity index (χ2n) is 8.72. The van der Waals surface area contributed by atoms with E-state index < -0.39 is 48.6 Å². The van der Waals surface area contributed by atoms with Gasteiger partial charge < -0.3 is 15.5 Å². The molecule has 13 heteroatoms. The number of nitrogens with zero attached hydrogens (tertiary/aromatic N) is 5. The summed E-state index contributed by atoms with van der Waals surface area (Å²) in [4.78, 5) is 38.9. The van der Waals surface area contributed by atoms with E-state index in [0.29, 0.717) is 5.56 Å². The summed E-state index contributed by atoms with van der Waals surface area (Å²) in [6, 6.07) is 2.18. The van der Waals surface area contributed by atoms with Gasteiger partial charge in [0.2, 0.25) is 11.8 Å². The number of rotatable bonds is 5. The molecule has 8 nitrogen and oxygen atoms in total. The SMILES string of the molecule is N[C@@H](CC(=O)N1CCc2c(nc(-c3cccnc3)nc2C(F)(F)F)C1)CN1CC(F)(F)CCC1=O. The first kappa shape index (κ1) is 24.9. The molecule has 2 N–H and O–H groups in total. The van der Waals surface area contributed by atoms with Crippen LogP contribution in [0.15, 0.2) is 24.5 Å². The zero-order valence-electron chi connectivity index (χ0n) is 18.6. The summed E-state index contributed by atoms with van der Waals surface area (Å²) in [7, 11) is 0. The van der Waals surface area contributed by atoms with Crippen molar-refractivity contribution in [2.24, 2.45) is 5.73 Å². The Hall–Kier alpha value is -3.22. The highest BCUT2D eigenvalue weighted by molar-refractivity contribution is 5.78. The molecule has 1 atom stereocenters. The smallest absolute Gasteiger partial charge is 0.336 e. The zero-order valence-corrected chi connectivity index (χ0v) is 18.6. The molecule has 0 saturated carbocycles. The number of amides is 2. The Labute approximate surface area is 197 Å². The van der Waals surface area contributed by atoms with Crippen LogP contribution in [-0.4, -0.2) is 68.2 Å². The van der Waals surface area contributed by atoms with Crippen molar-refractivity contribution in [3.05, 3.63) is 41.5 Å². The van der Waals surface area contributed by atoms with Gasteiger partial charge >= 0.3 is 6.18 Å². The van der Waals surface area contributed by atoms with Crippen LogP contribution in [0.5, 0.6) is 0 Å². The number of carbonyl (C=O) groups is 2. The monoisotopic (exact) mass is 498 g/mol. The Kier molecular flexibility index (Phi) is 6.71. The summed E-state index contributed by atoms with van der Waals surface area (Å²) in [6.45, 7) is -1.15. The Morgan fingerprint density at radius 1 is 1.23 bits per heavy atom. The summed E-state index contributed by atoms with van der Waals surface area (Å²) in [6.07, 6.45) is -3.06. The van der Waals surface area contributed by atoms with Gasteiger partial charge in [0.1, 0.15) is 0 Å². The van der Waals surface area contributed by atoms with Crippen LogP contribution in [0.3, 0.4) is 0 Å². The lowest BCUT2D eigenvalue weighted by atomic mass is 10.0. The average molecular weight is 498 g/mol. The van der Waals surface area contributed by atoms with Gasteiger partial charge in [0.25, 0.3) is 5.92 Å². The third-order valence-corrected chi connectivity index (χ3v) is 5.98. The van der Waals surface area contributed by atoms with Crippen molar-refractivity contribution in [2.75, 3.05) is 19.6 Å². The van der Waals surface area contributed by atoms with Crippen molar-refractivity contribution in [1.82, 2.24) is 24.8 Å². The predicted molar refractivity (Wildman–Crippen MR) is 113 cm³/mol. The van der Waals surface area contributed by atoms with Crippen LogP contribution >= 0.6 is 0 Å². The van der Waals surface area contributed by atoms with E-state index in [0.717, 1.165) is 4.90 Å². The van der Waals surface area contributed by atoms with Gasteiger partial charge in [-0.1, -0.05) is 0 Å². The summed E-state index contributed by atoms with van der Waals surface area (Å²) in [5.74, 6) is -4.07. The second kappa shape index (κ2) is 9.44. The van der Waals surface area contributed by atoms with Gasteiger partial charge in [-0.25, -0.2) is 18.7 Å². The molecule has 4 heterocycles. The molecule has 2 aliphatic heterocycles. The molecule has 0 bridgehead atoms. The first-order valence-electron chi connectivity index (χ1n) is 11.0. The number of carbonyl (C=O) groups excluding carboxylic acids is 2. The molecule has 1 fully saturated rings. The van der Waals surface area contributed by atoms with Gasteiger partial charge in [-0.2, -0.15) is 13.2 Å². The number of pyridine rings is 1. The molecule has 2 aromatic heterocycles. The van der Waals surface area contributed by atoms with Crippen molar-refractivity contribution >= 4 is 11.8 Å². The van der Waals surface area contributed by atoms with Gasteiger partial charge in [-0.15, -0.1) is 0 Å². The minimum atomic E-state index is -4.71. The number of fused-ring (bicyclic) bond motifs is 1. The van der Waals surface area contributed by atoms with Crippen molar-refractivity contribution < 1.29 is 31.5 Å². The van der Waals surface area contributed by atoms with Gasteiger partial charge in [0, 0.05) is 61.9 Å². The third-order valence-electron chi connectivity index (χ3n) is 5.98. The number of nitrogens with two attached hydrogens (primary N) is 1. The van der Waals surface area contributed by atoms with Crippen LogP contribution in [0, 0.1) is 0 Å².